The maximum absolute atomic E-state index is 11.8. The molecular formula is C14H19N3O3. The quantitative estimate of drug-likeness (QED) is 0.772. The number of aromatic amines is 1. The molecule has 0 aliphatic heterocycles. The van der Waals surface area contributed by atoms with E-state index in [1.807, 2.05) is 24.3 Å². The Hall–Kier alpha value is -1.92. The summed E-state index contributed by atoms with van der Waals surface area (Å²) < 4.78 is 10.1. The number of ether oxygens (including phenoxy) is 2. The van der Waals surface area contributed by atoms with Gasteiger partial charge in [-0.25, -0.2) is 4.98 Å². The van der Waals surface area contributed by atoms with Crippen LogP contribution in [0, 0.1) is 0 Å². The van der Waals surface area contributed by atoms with E-state index in [1.54, 1.807) is 19.1 Å². The van der Waals surface area contributed by atoms with E-state index in [4.69, 9.17) is 9.47 Å². The van der Waals surface area contributed by atoms with Crippen molar-refractivity contribution in [2.45, 2.75) is 6.54 Å². The van der Waals surface area contributed by atoms with Crippen LogP contribution in [0.5, 0.6) is 0 Å². The molecule has 0 unspecified atom stereocenters. The largest absolute Gasteiger partial charge is 0.382 e. The summed E-state index contributed by atoms with van der Waals surface area (Å²) in [6, 6.07) is 7.78. The number of methoxy groups -OCH3 is 1. The number of rotatable bonds is 7. The van der Waals surface area contributed by atoms with Gasteiger partial charge in [0, 0.05) is 14.2 Å². The van der Waals surface area contributed by atoms with Gasteiger partial charge in [0.2, 0.25) is 5.91 Å². The molecule has 0 atom stereocenters. The smallest absolute Gasteiger partial charge is 0.248 e. The molecule has 0 radical (unpaired) electrons. The predicted molar refractivity (Wildman–Crippen MR) is 75.3 cm³/mol. The number of benzene rings is 1. The van der Waals surface area contributed by atoms with E-state index in [0.29, 0.717) is 19.8 Å². The van der Waals surface area contributed by atoms with Crippen LogP contribution < -0.4 is 0 Å². The summed E-state index contributed by atoms with van der Waals surface area (Å²) in [7, 11) is 3.33. The molecule has 20 heavy (non-hydrogen) atoms. The fourth-order valence-electron chi connectivity index (χ4n) is 1.81. The number of carbonyl (C=O) groups excluding carboxylic acids is 1. The predicted octanol–water partition coefficient (Wildman–Crippen LogP) is 1.18. The average molecular weight is 277 g/mol. The molecule has 1 N–H and O–H groups in total. The first-order valence-corrected chi connectivity index (χ1v) is 6.45. The summed E-state index contributed by atoms with van der Waals surface area (Å²) in [5.41, 5.74) is 1.87. The second-order valence-electron chi connectivity index (χ2n) is 4.50. The van der Waals surface area contributed by atoms with Crippen molar-refractivity contribution in [3.63, 3.8) is 0 Å². The number of nitrogens with one attached hydrogen (secondary N) is 1. The van der Waals surface area contributed by atoms with Crippen LogP contribution in [0.15, 0.2) is 24.3 Å². The molecule has 1 heterocycles. The number of H-pyrrole nitrogens is 1. The summed E-state index contributed by atoms with van der Waals surface area (Å²) in [6.07, 6.45) is 0. The maximum atomic E-state index is 11.8. The van der Waals surface area contributed by atoms with Crippen molar-refractivity contribution < 1.29 is 14.3 Å². The van der Waals surface area contributed by atoms with Gasteiger partial charge in [-0.05, 0) is 12.1 Å². The minimum absolute atomic E-state index is 0.0556. The average Bonchev–Trinajstić information content (AvgIpc) is 2.85. The molecule has 0 fully saturated rings. The molecule has 1 aromatic carbocycles. The number of nitrogens with zero attached hydrogens (tertiary/aromatic N) is 2. The molecule has 1 aromatic heterocycles. The van der Waals surface area contributed by atoms with Gasteiger partial charge >= 0.3 is 0 Å². The number of para-hydroxylation sites is 2. The van der Waals surface area contributed by atoms with Gasteiger partial charge in [-0.15, -0.1) is 0 Å². The number of aromatic nitrogens is 2. The molecule has 0 aliphatic rings. The topological polar surface area (TPSA) is 67.5 Å². The summed E-state index contributed by atoms with van der Waals surface area (Å²) in [4.78, 5) is 21.1. The van der Waals surface area contributed by atoms with Crippen molar-refractivity contribution in [2.24, 2.45) is 0 Å². The van der Waals surface area contributed by atoms with Gasteiger partial charge in [0.25, 0.3) is 0 Å². The molecule has 0 bridgehead atoms. The highest BCUT2D eigenvalue weighted by molar-refractivity contribution is 5.77. The molecule has 6 heteroatoms. The number of amides is 1. The Bertz CT molecular complexity index is 535. The van der Waals surface area contributed by atoms with Crippen molar-refractivity contribution >= 4 is 16.9 Å². The third-order valence-electron chi connectivity index (χ3n) is 2.91. The first-order chi connectivity index (χ1) is 9.70. The Balaban J connectivity index is 1.86. The highest BCUT2D eigenvalue weighted by atomic mass is 16.5. The lowest BCUT2D eigenvalue weighted by Gasteiger charge is -2.15. The highest BCUT2D eigenvalue weighted by Gasteiger charge is 2.11. The molecular weight excluding hydrogens is 258 g/mol. The zero-order chi connectivity index (χ0) is 14.4. The van der Waals surface area contributed by atoms with Crippen LogP contribution in [-0.4, -0.2) is 54.8 Å². The van der Waals surface area contributed by atoms with Gasteiger partial charge in [0.15, 0.2) is 0 Å². The molecule has 2 aromatic rings. The minimum Gasteiger partial charge on any atom is -0.382 e. The van der Waals surface area contributed by atoms with Crippen LogP contribution in [0.2, 0.25) is 0 Å². The third kappa shape index (κ3) is 3.79. The second kappa shape index (κ2) is 7.02. The molecule has 108 valence electrons. The number of fused-ring (bicyclic) bond motifs is 1. The fraction of sp³-hybridized carbons (Fsp3) is 0.429. The Morgan fingerprint density at radius 2 is 2.15 bits per heavy atom. The lowest BCUT2D eigenvalue weighted by molar-refractivity contribution is -0.135. The highest BCUT2D eigenvalue weighted by Crippen LogP contribution is 2.11. The van der Waals surface area contributed by atoms with E-state index < -0.39 is 0 Å². The van der Waals surface area contributed by atoms with E-state index >= 15 is 0 Å². The Morgan fingerprint density at radius 3 is 2.90 bits per heavy atom. The van der Waals surface area contributed by atoms with Gasteiger partial charge < -0.3 is 19.4 Å². The number of imidazole rings is 1. The first-order valence-electron chi connectivity index (χ1n) is 6.45. The van der Waals surface area contributed by atoms with Crippen LogP contribution in [0.25, 0.3) is 11.0 Å². The van der Waals surface area contributed by atoms with Gasteiger partial charge in [0.05, 0.1) is 30.8 Å². The Morgan fingerprint density at radius 1 is 1.35 bits per heavy atom. The normalized spacial score (nSPS) is 10.9. The summed E-state index contributed by atoms with van der Waals surface area (Å²) in [5, 5.41) is 0. The standard InChI is InChI=1S/C14H19N3O3/c1-17(14(18)10-20-8-7-19-2)9-13-15-11-5-3-4-6-12(11)16-13/h3-6H,7-10H2,1-2H3,(H,15,16). The zero-order valence-electron chi connectivity index (χ0n) is 11.8. The number of likely N-dealkylation sites (N-methyl/N-ethyl adjacent to an activating group) is 1. The Kier molecular flexibility index (Phi) is 5.09. The van der Waals surface area contributed by atoms with Crippen molar-refractivity contribution in [1.29, 1.82) is 0 Å². The van der Waals surface area contributed by atoms with Crippen molar-refractivity contribution in [3.8, 4) is 0 Å². The van der Waals surface area contributed by atoms with E-state index in [2.05, 4.69) is 9.97 Å². The van der Waals surface area contributed by atoms with Gasteiger partial charge in [-0.3, -0.25) is 4.79 Å². The Labute approximate surface area is 117 Å². The zero-order valence-corrected chi connectivity index (χ0v) is 11.8. The van der Waals surface area contributed by atoms with Crippen molar-refractivity contribution in [1.82, 2.24) is 14.9 Å². The molecule has 0 saturated heterocycles. The van der Waals surface area contributed by atoms with Crippen molar-refractivity contribution in [2.75, 3.05) is 34.0 Å². The molecule has 0 spiro atoms. The maximum Gasteiger partial charge on any atom is 0.248 e. The summed E-state index contributed by atoms with van der Waals surface area (Å²) in [6.45, 7) is 1.39. The third-order valence-corrected chi connectivity index (χ3v) is 2.91. The first kappa shape index (κ1) is 14.5. The van der Waals surface area contributed by atoms with E-state index in [9.17, 15) is 4.79 Å². The van der Waals surface area contributed by atoms with Gasteiger partial charge in [0.1, 0.15) is 12.4 Å². The van der Waals surface area contributed by atoms with Crippen LogP contribution in [-0.2, 0) is 20.8 Å². The lowest BCUT2D eigenvalue weighted by atomic mass is 10.3. The van der Waals surface area contributed by atoms with Gasteiger partial charge in [-0.1, -0.05) is 12.1 Å². The molecule has 0 saturated carbocycles. The number of hydrogen-bond acceptors (Lipinski definition) is 4. The summed E-state index contributed by atoms with van der Waals surface area (Å²) >= 11 is 0. The lowest BCUT2D eigenvalue weighted by Crippen LogP contribution is -2.30. The van der Waals surface area contributed by atoms with E-state index in [0.717, 1.165) is 16.9 Å². The van der Waals surface area contributed by atoms with Crippen LogP contribution >= 0.6 is 0 Å². The van der Waals surface area contributed by atoms with Crippen LogP contribution in [0.4, 0.5) is 0 Å². The second-order valence-corrected chi connectivity index (χ2v) is 4.50. The number of carbonyl (C=O) groups is 1. The summed E-state index contributed by atoms with van der Waals surface area (Å²) in [5.74, 6) is 0.681. The molecule has 2 rings (SSSR count). The fourth-order valence-corrected chi connectivity index (χ4v) is 1.81. The molecule has 0 aliphatic carbocycles. The van der Waals surface area contributed by atoms with E-state index in [1.165, 1.54) is 0 Å². The SMILES string of the molecule is COCCOCC(=O)N(C)Cc1nc2ccccc2[nH]1. The van der Waals surface area contributed by atoms with Crippen LogP contribution in [0.3, 0.4) is 0 Å². The minimum atomic E-state index is -0.0819. The molecule has 6 nitrogen and oxygen atoms in total. The van der Waals surface area contributed by atoms with Crippen molar-refractivity contribution in [3.05, 3.63) is 30.1 Å². The van der Waals surface area contributed by atoms with E-state index in [-0.39, 0.29) is 12.5 Å². The number of hydrogen-bond donors (Lipinski definition) is 1. The van der Waals surface area contributed by atoms with Gasteiger partial charge in [-0.2, -0.15) is 0 Å². The van der Waals surface area contributed by atoms with Crippen LogP contribution in [0.1, 0.15) is 5.82 Å². The monoisotopic (exact) mass is 277 g/mol. The molecule has 1 amide bonds.